The average molecular weight is 277 g/mol. The summed E-state index contributed by atoms with van der Waals surface area (Å²) in [5, 5.41) is 1.97. The lowest BCUT2D eigenvalue weighted by Crippen LogP contribution is -2.29. The Morgan fingerprint density at radius 1 is 1.37 bits per heavy atom. The quantitative estimate of drug-likeness (QED) is 0.829. The smallest absolute Gasteiger partial charge is 0.257 e. The van der Waals surface area contributed by atoms with Gasteiger partial charge in [-0.3, -0.25) is 4.79 Å². The lowest BCUT2D eigenvalue weighted by Gasteiger charge is -2.24. The van der Waals surface area contributed by atoms with Crippen LogP contribution in [0.2, 0.25) is 0 Å². The first-order valence-electron chi connectivity index (χ1n) is 6.07. The van der Waals surface area contributed by atoms with E-state index in [2.05, 4.69) is 0 Å². The number of hydrogen-bond acceptors (Lipinski definition) is 2. The van der Waals surface area contributed by atoms with E-state index >= 15 is 0 Å². The van der Waals surface area contributed by atoms with Gasteiger partial charge in [-0.15, -0.1) is 11.3 Å². The van der Waals surface area contributed by atoms with Gasteiger partial charge in [0.25, 0.3) is 5.91 Å². The molecule has 0 aliphatic carbocycles. The van der Waals surface area contributed by atoms with Gasteiger partial charge >= 0.3 is 0 Å². The fourth-order valence-corrected chi connectivity index (χ4v) is 2.71. The molecule has 2 nitrogen and oxygen atoms in total. The number of carbonyl (C=O) groups is 1. The molecule has 2 rings (SSSR count). The molecule has 0 saturated heterocycles. The van der Waals surface area contributed by atoms with Crippen LogP contribution in [-0.2, 0) is 0 Å². The van der Waals surface area contributed by atoms with Crippen LogP contribution in [0.15, 0.2) is 35.7 Å². The summed E-state index contributed by atoms with van der Waals surface area (Å²) in [6, 6.07) is 8.54. The van der Waals surface area contributed by atoms with Crippen LogP contribution in [0, 0.1) is 12.7 Å². The van der Waals surface area contributed by atoms with Crippen LogP contribution in [-0.4, -0.2) is 17.9 Å². The fraction of sp³-hybridized carbons (Fsp3) is 0.267. The number of thiophene rings is 1. The second-order valence-electron chi connectivity index (χ2n) is 4.59. The number of aryl methyl sites for hydroxylation is 1. The first-order chi connectivity index (χ1) is 9.00. The van der Waals surface area contributed by atoms with Crippen molar-refractivity contribution in [3.63, 3.8) is 0 Å². The summed E-state index contributed by atoms with van der Waals surface area (Å²) in [7, 11) is 1.70. The van der Waals surface area contributed by atoms with E-state index in [0.29, 0.717) is 0 Å². The molecule has 1 amide bonds. The van der Waals surface area contributed by atoms with Crippen molar-refractivity contribution in [1.82, 2.24) is 4.90 Å². The molecule has 1 unspecified atom stereocenters. The maximum atomic E-state index is 13.8. The van der Waals surface area contributed by atoms with Crippen molar-refractivity contribution >= 4 is 17.2 Å². The third-order valence-corrected chi connectivity index (χ3v) is 4.25. The summed E-state index contributed by atoms with van der Waals surface area (Å²) in [6.45, 7) is 3.74. The maximum absolute atomic E-state index is 13.8. The van der Waals surface area contributed by atoms with Crippen molar-refractivity contribution in [3.05, 3.63) is 57.5 Å². The monoisotopic (exact) mass is 277 g/mol. The van der Waals surface area contributed by atoms with Gasteiger partial charge in [0.15, 0.2) is 0 Å². The van der Waals surface area contributed by atoms with Crippen molar-refractivity contribution < 1.29 is 9.18 Å². The van der Waals surface area contributed by atoms with E-state index in [9.17, 15) is 9.18 Å². The maximum Gasteiger partial charge on any atom is 0.257 e. The van der Waals surface area contributed by atoms with Crippen molar-refractivity contribution in [2.45, 2.75) is 19.9 Å². The second kappa shape index (κ2) is 5.53. The summed E-state index contributed by atoms with van der Waals surface area (Å²) in [6.07, 6.45) is 0. The normalized spacial score (nSPS) is 12.2. The third-order valence-electron chi connectivity index (χ3n) is 3.21. The summed E-state index contributed by atoms with van der Waals surface area (Å²) >= 11 is 1.59. The van der Waals surface area contributed by atoms with E-state index in [0.717, 1.165) is 10.4 Å². The first-order valence-corrected chi connectivity index (χ1v) is 6.95. The lowest BCUT2D eigenvalue weighted by atomic mass is 10.1. The van der Waals surface area contributed by atoms with Gasteiger partial charge in [0, 0.05) is 11.9 Å². The largest absolute Gasteiger partial charge is 0.334 e. The summed E-state index contributed by atoms with van der Waals surface area (Å²) in [4.78, 5) is 15.0. The standard InChI is InChI=1S/C15H16FNOS/c1-10-6-7-12(13(16)9-10)15(18)17(3)11(2)14-5-4-8-19-14/h4-9,11H,1-3H3. The van der Waals surface area contributed by atoms with Crippen LogP contribution in [0.4, 0.5) is 4.39 Å². The zero-order chi connectivity index (χ0) is 14.0. The minimum atomic E-state index is -0.463. The van der Waals surface area contributed by atoms with Gasteiger partial charge in [-0.05, 0) is 43.0 Å². The van der Waals surface area contributed by atoms with Gasteiger partial charge in [0.2, 0.25) is 0 Å². The lowest BCUT2D eigenvalue weighted by molar-refractivity contribution is 0.0740. The molecule has 0 spiro atoms. The Hall–Kier alpha value is -1.68. The Balaban J connectivity index is 2.24. The molecular weight excluding hydrogens is 261 g/mol. The molecule has 4 heteroatoms. The van der Waals surface area contributed by atoms with Crippen LogP contribution in [0.5, 0.6) is 0 Å². The summed E-state index contributed by atoms with van der Waals surface area (Å²) < 4.78 is 13.8. The van der Waals surface area contributed by atoms with Crippen molar-refractivity contribution in [1.29, 1.82) is 0 Å². The predicted molar refractivity (Wildman–Crippen MR) is 76.0 cm³/mol. The van der Waals surface area contributed by atoms with E-state index in [1.165, 1.54) is 6.07 Å². The Morgan fingerprint density at radius 2 is 2.11 bits per heavy atom. The number of halogens is 1. The minimum absolute atomic E-state index is 0.0618. The number of hydrogen-bond donors (Lipinski definition) is 0. The predicted octanol–water partition coefficient (Wildman–Crippen LogP) is 4.03. The molecule has 19 heavy (non-hydrogen) atoms. The minimum Gasteiger partial charge on any atom is -0.334 e. The van der Waals surface area contributed by atoms with Crippen LogP contribution in [0.3, 0.4) is 0 Å². The van der Waals surface area contributed by atoms with Crippen molar-refractivity contribution in [2.75, 3.05) is 7.05 Å². The molecule has 2 aromatic rings. The number of amides is 1. The molecule has 0 aliphatic rings. The van der Waals surface area contributed by atoms with E-state index in [1.54, 1.807) is 42.3 Å². The van der Waals surface area contributed by atoms with Gasteiger partial charge in [0.1, 0.15) is 5.82 Å². The highest BCUT2D eigenvalue weighted by molar-refractivity contribution is 7.10. The fourth-order valence-electron chi connectivity index (χ4n) is 1.88. The zero-order valence-electron chi connectivity index (χ0n) is 11.2. The molecule has 0 radical (unpaired) electrons. The average Bonchev–Trinajstić information content (AvgIpc) is 2.90. The van der Waals surface area contributed by atoms with E-state index in [4.69, 9.17) is 0 Å². The molecule has 0 aliphatic heterocycles. The van der Waals surface area contributed by atoms with Crippen LogP contribution in [0.25, 0.3) is 0 Å². The Bertz CT molecular complexity index is 580. The summed E-state index contributed by atoms with van der Waals surface area (Å²) in [5.41, 5.74) is 0.930. The molecule has 100 valence electrons. The molecule has 1 aromatic carbocycles. The number of carbonyl (C=O) groups excluding carboxylic acids is 1. The van der Waals surface area contributed by atoms with Gasteiger partial charge in [0.05, 0.1) is 11.6 Å². The van der Waals surface area contributed by atoms with E-state index < -0.39 is 5.82 Å². The highest BCUT2D eigenvalue weighted by Crippen LogP contribution is 2.25. The highest BCUT2D eigenvalue weighted by atomic mass is 32.1. The van der Waals surface area contributed by atoms with Gasteiger partial charge in [-0.25, -0.2) is 4.39 Å². The SMILES string of the molecule is Cc1ccc(C(=O)N(C)C(C)c2cccs2)c(F)c1. The molecule has 0 bridgehead atoms. The molecule has 1 atom stereocenters. The Kier molecular flexibility index (Phi) is 4.00. The van der Waals surface area contributed by atoms with Gasteiger partial charge < -0.3 is 4.90 Å². The van der Waals surface area contributed by atoms with Crippen LogP contribution >= 0.6 is 11.3 Å². The van der Waals surface area contributed by atoms with Crippen LogP contribution < -0.4 is 0 Å². The molecule has 1 heterocycles. The Morgan fingerprint density at radius 3 is 2.68 bits per heavy atom. The van der Waals surface area contributed by atoms with E-state index in [-0.39, 0.29) is 17.5 Å². The second-order valence-corrected chi connectivity index (χ2v) is 5.57. The molecular formula is C15H16FNOS. The topological polar surface area (TPSA) is 20.3 Å². The number of benzene rings is 1. The number of rotatable bonds is 3. The molecule has 0 N–H and O–H groups in total. The molecule has 0 saturated carbocycles. The highest BCUT2D eigenvalue weighted by Gasteiger charge is 2.21. The van der Waals surface area contributed by atoms with E-state index in [1.807, 2.05) is 24.4 Å². The van der Waals surface area contributed by atoms with Gasteiger partial charge in [-0.1, -0.05) is 12.1 Å². The van der Waals surface area contributed by atoms with Gasteiger partial charge in [-0.2, -0.15) is 0 Å². The molecule has 1 aromatic heterocycles. The Labute approximate surface area is 116 Å². The van der Waals surface area contributed by atoms with Crippen molar-refractivity contribution in [2.24, 2.45) is 0 Å². The van der Waals surface area contributed by atoms with Crippen LogP contribution in [0.1, 0.15) is 33.8 Å². The van der Waals surface area contributed by atoms with Crippen molar-refractivity contribution in [3.8, 4) is 0 Å². The summed E-state index contributed by atoms with van der Waals surface area (Å²) in [5.74, 6) is -0.756. The number of nitrogens with zero attached hydrogens (tertiary/aromatic N) is 1. The third kappa shape index (κ3) is 2.84. The zero-order valence-corrected chi connectivity index (χ0v) is 12.0. The first kappa shape index (κ1) is 13.7. The molecule has 0 fully saturated rings.